The molecule has 0 saturated heterocycles. The van der Waals surface area contributed by atoms with Crippen molar-refractivity contribution in [2.75, 3.05) is 26.3 Å². The summed E-state index contributed by atoms with van der Waals surface area (Å²) in [5.41, 5.74) is -0.161. The maximum Gasteiger partial charge on any atom is 0.434 e. The van der Waals surface area contributed by atoms with Gasteiger partial charge in [0.05, 0.1) is 36.5 Å². The molecule has 0 aromatic carbocycles. The molecule has 0 aliphatic heterocycles. The summed E-state index contributed by atoms with van der Waals surface area (Å²) in [7, 11) is 0. The molecule has 1 aromatic rings. The molecule has 1 unspecified atom stereocenters. The molecule has 0 bridgehead atoms. The van der Waals surface area contributed by atoms with Crippen molar-refractivity contribution >= 4 is 17.4 Å². The molecule has 0 saturated carbocycles. The number of aliphatic hydroxyl groups excluding tert-OH is 1. The van der Waals surface area contributed by atoms with Gasteiger partial charge in [-0.1, -0.05) is 15.3 Å². The molecule has 1 rings (SSSR count). The van der Waals surface area contributed by atoms with Crippen molar-refractivity contribution in [2.45, 2.75) is 64.8 Å². The van der Waals surface area contributed by atoms with Crippen LogP contribution in [0.1, 0.15) is 41.0 Å². The number of hydrogen-bond acceptors (Lipinski definition) is 11. The van der Waals surface area contributed by atoms with Crippen molar-refractivity contribution in [1.82, 2.24) is 20.2 Å². The van der Waals surface area contributed by atoms with Gasteiger partial charge in [-0.15, -0.1) is 0 Å². The fourth-order valence-corrected chi connectivity index (χ4v) is 2.77. The SMILES string of the molecule is C/C(=N/O)C(C)(C)NCCCNC(C)(C)/C(COCC(O)Cn1ccnc1[N+](=O)[O-])=N/O. The molecular formula is C19H35N7O6. The maximum absolute atomic E-state index is 10.9. The minimum Gasteiger partial charge on any atom is -0.411 e. The van der Waals surface area contributed by atoms with Crippen molar-refractivity contribution in [1.29, 1.82) is 0 Å². The van der Waals surface area contributed by atoms with E-state index in [2.05, 4.69) is 25.9 Å². The molecule has 0 aliphatic rings. The number of hydrogen-bond donors (Lipinski definition) is 5. The topological polar surface area (TPSA) is 180 Å². The number of aromatic nitrogens is 2. The van der Waals surface area contributed by atoms with Gasteiger partial charge < -0.3 is 41.0 Å². The van der Waals surface area contributed by atoms with E-state index in [1.165, 1.54) is 17.0 Å². The molecule has 1 heterocycles. The van der Waals surface area contributed by atoms with E-state index in [1.54, 1.807) is 6.92 Å². The second-order valence-corrected chi connectivity index (χ2v) is 8.49. The van der Waals surface area contributed by atoms with E-state index in [9.17, 15) is 20.4 Å². The lowest BCUT2D eigenvalue weighted by molar-refractivity contribution is -0.397. The highest BCUT2D eigenvalue weighted by Crippen LogP contribution is 2.10. The lowest BCUT2D eigenvalue weighted by atomic mass is 9.98. The number of nitro groups is 1. The van der Waals surface area contributed by atoms with Gasteiger partial charge in [-0.25, -0.2) is 4.57 Å². The largest absolute Gasteiger partial charge is 0.434 e. The lowest BCUT2D eigenvalue weighted by Gasteiger charge is -2.28. The number of ether oxygens (including phenoxy) is 1. The third kappa shape index (κ3) is 8.49. The Kier molecular flexibility index (Phi) is 10.7. The fourth-order valence-electron chi connectivity index (χ4n) is 2.77. The Morgan fingerprint density at radius 2 is 1.88 bits per heavy atom. The molecule has 182 valence electrons. The first-order chi connectivity index (χ1) is 14.9. The molecule has 0 amide bonds. The number of nitrogens with zero attached hydrogens (tertiary/aromatic N) is 5. The van der Waals surface area contributed by atoms with Crippen LogP contribution in [0.2, 0.25) is 0 Å². The Morgan fingerprint density at radius 3 is 2.44 bits per heavy atom. The highest BCUT2D eigenvalue weighted by molar-refractivity contribution is 5.93. The molecular weight excluding hydrogens is 422 g/mol. The van der Waals surface area contributed by atoms with Crippen LogP contribution in [0.25, 0.3) is 0 Å². The molecule has 0 aliphatic carbocycles. The van der Waals surface area contributed by atoms with E-state index in [1.807, 2.05) is 27.7 Å². The molecule has 13 nitrogen and oxygen atoms in total. The zero-order valence-electron chi connectivity index (χ0n) is 19.3. The Balaban J connectivity index is 2.41. The van der Waals surface area contributed by atoms with E-state index in [-0.39, 0.29) is 25.7 Å². The van der Waals surface area contributed by atoms with Crippen LogP contribution in [-0.2, 0) is 11.3 Å². The van der Waals surface area contributed by atoms with E-state index in [4.69, 9.17) is 9.94 Å². The van der Waals surface area contributed by atoms with Crippen molar-refractivity contribution in [2.24, 2.45) is 10.3 Å². The number of aliphatic hydroxyl groups is 1. The van der Waals surface area contributed by atoms with Gasteiger partial charge in [-0.3, -0.25) is 0 Å². The molecule has 13 heteroatoms. The normalized spacial score (nSPS) is 14.6. The molecule has 5 N–H and O–H groups in total. The van der Waals surface area contributed by atoms with E-state index in [0.29, 0.717) is 24.5 Å². The molecule has 0 fully saturated rings. The zero-order valence-corrected chi connectivity index (χ0v) is 19.3. The van der Waals surface area contributed by atoms with Crippen LogP contribution in [0.3, 0.4) is 0 Å². The smallest absolute Gasteiger partial charge is 0.411 e. The summed E-state index contributed by atoms with van der Waals surface area (Å²) >= 11 is 0. The third-order valence-corrected chi connectivity index (χ3v) is 5.20. The maximum atomic E-state index is 10.9. The predicted molar refractivity (Wildman–Crippen MR) is 119 cm³/mol. The van der Waals surface area contributed by atoms with Crippen LogP contribution in [0.15, 0.2) is 22.7 Å². The van der Waals surface area contributed by atoms with Crippen LogP contribution >= 0.6 is 0 Å². The van der Waals surface area contributed by atoms with Gasteiger partial charge in [0.25, 0.3) is 0 Å². The van der Waals surface area contributed by atoms with Gasteiger partial charge in [0.15, 0.2) is 0 Å². The lowest BCUT2D eigenvalue weighted by Crippen LogP contribution is -2.50. The quantitative estimate of drug-likeness (QED) is 0.0843. The monoisotopic (exact) mass is 457 g/mol. The number of imidazole rings is 1. The van der Waals surface area contributed by atoms with Crippen molar-refractivity contribution < 1.29 is 25.2 Å². The van der Waals surface area contributed by atoms with E-state index < -0.39 is 22.1 Å². The Hall–Kier alpha value is -2.61. The van der Waals surface area contributed by atoms with Gasteiger partial charge >= 0.3 is 5.95 Å². The van der Waals surface area contributed by atoms with Gasteiger partial charge in [-0.05, 0) is 59.1 Å². The molecule has 0 radical (unpaired) electrons. The fraction of sp³-hybridized carbons (Fsp3) is 0.737. The number of nitrogens with one attached hydrogen (secondary N) is 2. The van der Waals surface area contributed by atoms with Gasteiger partial charge in [-0.2, -0.15) is 0 Å². The second-order valence-electron chi connectivity index (χ2n) is 8.49. The van der Waals surface area contributed by atoms with Crippen LogP contribution in [0.5, 0.6) is 0 Å². The Bertz CT molecular complexity index is 791. The van der Waals surface area contributed by atoms with Crippen LogP contribution in [-0.4, -0.2) is 84.9 Å². The van der Waals surface area contributed by atoms with Gasteiger partial charge in [0, 0.05) is 0 Å². The number of oxime groups is 2. The van der Waals surface area contributed by atoms with Crippen LogP contribution in [0.4, 0.5) is 5.95 Å². The standard InChI is InChI=1S/C19H35N7O6/c1-14(23-28)18(2,3)21-7-6-8-22-19(4,5)16(24-29)13-32-12-15(27)11-25-10-9-20-17(25)26(30)31/h9-10,15,21-22,27-29H,6-8,11-13H2,1-5H3/b23-14-,24-16+. The summed E-state index contributed by atoms with van der Waals surface area (Å²) in [5.74, 6) is -0.358. The van der Waals surface area contributed by atoms with E-state index >= 15 is 0 Å². The van der Waals surface area contributed by atoms with E-state index in [0.717, 1.165) is 6.42 Å². The molecule has 32 heavy (non-hydrogen) atoms. The highest BCUT2D eigenvalue weighted by atomic mass is 16.6. The first-order valence-corrected chi connectivity index (χ1v) is 10.3. The Morgan fingerprint density at radius 1 is 1.25 bits per heavy atom. The van der Waals surface area contributed by atoms with Crippen LogP contribution < -0.4 is 10.6 Å². The summed E-state index contributed by atoms with van der Waals surface area (Å²) in [6, 6.07) is 0. The first-order valence-electron chi connectivity index (χ1n) is 10.3. The Labute approximate surface area is 187 Å². The highest BCUT2D eigenvalue weighted by Gasteiger charge is 2.26. The second kappa shape index (κ2) is 12.4. The van der Waals surface area contributed by atoms with Gasteiger partial charge in [0.1, 0.15) is 24.2 Å². The summed E-state index contributed by atoms with van der Waals surface area (Å²) < 4.78 is 6.69. The van der Waals surface area contributed by atoms with Crippen molar-refractivity contribution in [3.63, 3.8) is 0 Å². The number of rotatable bonds is 15. The third-order valence-electron chi connectivity index (χ3n) is 5.20. The summed E-state index contributed by atoms with van der Waals surface area (Å²) in [5, 5.41) is 52.4. The van der Waals surface area contributed by atoms with Crippen LogP contribution in [0, 0.1) is 10.1 Å². The molecule has 1 atom stereocenters. The average Bonchev–Trinajstić information content (AvgIpc) is 3.18. The summed E-state index contributed by atoms with van der Waals surface area (Å²) in [6.07, 6.45) is 2.46. The molecule has 0 spiro atoms. The summed E-state index contributed by atoms with van der Waals surface area (Å²) in [4.78, 5) is 13.9. The minimum atomic E-state index is -1.00. The predicted octanol–water partition coefficient (Wildman–Crippen LogP) is 0.976. The summed E-state index contributed by atoms with van der Waals surface area (Å²) in [6.45, 7) is 10.4. The molecule has 1 aromatic heterocycles. The minimum absolute atomic E-state index is 0.0307. The zero-order chi connectivity index (χ0) is 24.4. The first kappa shape index (κ1) is 27.4. The van der Waals surface area contributed by atoms with Gasteiger partial charge in [0.2, 0.25) is 0 Å². The average molecular weight is 458 g/mol. The van der Waals surface area contributed by atoms with Crippen molar-refractivity contribution in [3.05, 3.63) is 22.5 Å². The van der Waals surface area contributed by atoms with Crippen molar-refractivity contribution in [3.8, 4) is 0 Å².